The highest BCUT2D eigenvalue weighted by Crippen LogP contribution is 2.27. The fraction of sp³-hybridized carbons (Fsp3) is 0.360. The molecule has 180 valence electrons. The Morgan fingerprint density at radius 2 is 1.74 bits per heavy atom. The van der Waals surface area contributed by atoms with E-state index in [-0.39, 0.29) is 30.2 Å². The Hall–Kier alpha value is -3.75. The molecule has 2 N–H and O–H groups in total. The van der Waals surface area contributed by atoms with Gasteiger partial charge in [0.15, 0.2) is 0 Å². The van der Waals surface area contributed by atoms with Gasteiger partial charge in [-0.05, 0) is 45.4 Å². The number of aliphatic imine (C=N–C) groups is 1. The smallest absolute Gasteiger partial charge is 0.316 e. The molecule has 0 aliphatic carbocycles. The summed E-state index contributed by atoms with van der Waals surface area (Å²) in [6.45, 7) is 5.55. The van der Waals surface area contributed by atoms with E-state index in [0.717, 1.165) is 0 Å². The molecule has 0 fully saturated rings. The number of anilines is 1. The quantitative estimate of drug-likeness (QED) is 0.501. The van der Waals surface area contributed by atoms with Gasteiger partial charge in [0, 0.05) is 31.1 Å². The lowest BCUT2D eigenvalue weighted by molar-refractivity contribution is -0.154. The molecule has 0 spiro atoms. The first kappa shape index (κ1) is 24.9. The summed E-state index contributed by atoms with van der Waals surface area (Å²) in [7, 11) is 1.58. The third-order valence-corrected chi connectivity index (χ3v) is 5.00. The number of benzodiazepines with no additional fused rings is 1. The maximum atomic E-state index is 14.6. The molecule has 34 heavy (non-hydrogen) atoms. The number of rotatable bonds is 6. The Morgan fingerprint density at radius 1 is 1.09 bits per heavy atom. The number of ether oxygens (including phenoxy) is 1. The number of carbonyl (C=O) groups is 3. The molecule has 3 rings (SSSR count). The van der Waals surface area contributed by atoms with Crippen LogP contribution in [0.5, 0.6) is 0 Å². The van der Waals surface area contributed by atoms with Gasteiger partial charge in [-0.1, -0.05) is 30.3 Å². The van der Waals surface area contributed by atoms with Crippen molar-refractivity contribution in [3.8, 4) is 0 Å². The first-order valence-electron chi connectivity index (χ1n) is 11.0. The minimum absolute atomic E-state index is 0.146. The van der Waals surface area contributed by atoms with Gasteiger partial charge < -0.3 is 20.3 Å². The predicted octanol–water partition coefficient (Wildman–Crippen LogP) is 3.39. The SMILES string of the molecule is CN1C(=O)C(NC(=O)NCCCC(=O)OC(C)(C)C)N=C(c2ccccc2F)c2ccccc21. The van der Waals surface area contributed by atoms with Gasteiger partial charge in [-0.3, -0.25) is 9.59 Å². The fourth-order valence-corrected chi connectivity index (χ4v) is 3.49. The van der Waals surface area contributed by atoms with Gasteiger partial charge in [-0.25, -0.2) is 14.2 Å². The van der Waals surface area contributed by atoms with E-state index in [2.05, 4.69) is 15.6 Å². The number of esters is 1. The van der Waals surface area contributed by atoms with E-state index in [0.29, 0.717) is 17.7 Å². The Kier molecular flexibility index (Phi) is 7.65. The molecule has 0 aromatic heterocycles. The van der Waals surface area contributed by atoms with Gasteiger partial charge in [-0.15, -0.1) is 0 Å². The number of amides is 3. The molecular formula is C25H29FN4O4. The predicted molar refractivity (Wildman–Crippen MR) is 127 cm³/mol. The highest BCUT2D eigenvalue weighted by atomic mass is 19.1. The van der Waals surface area contributed by atoms with Gasteiger partial charge in [0.05, 0.1) is 11.4 Å². The number of likely N-dealkylation sites (N-methyl/N-ethyl adjacent to an activating group) is 1. The van der Waals surface area contributed by atoms with Crippen LogP contribution in [0, 0.1) is 5.82 Å². The van der Waals surface area contributed by atoms with Gasteiger partial charge in [-0.2, -0.15) is 0 Å². The number of urea groups is 1. The Balaban J connectivity index is 1.74. The summed E-state index contributed by atoms with van der Waals surface area (Å²) in [5, 5.41) is 5.17. The second-order valence-electron chi connectivity index (χ2n) is 8.86. The lowest BCUT2D eigenvalue weighted by atomic mass is 10.00. The highest BCUT2D eigenvalue weighted by molar-refractivity contribution is 6.20. The molecule has 3 amide bonds. The number of para-hydroxylation sites is 1. The molecule has 0 bridgehead atoms. The number of hydrogen-bond donors (Lipinski definition) is 2. The van der Waals surface area contributed by atoms with Crippen LogP contribution in [0.1, 0.15) is 44.7 Å². The number of nitrogens with one attached hydrogen (secondary N) is 2. The number of hydrogen-bond acceptors (Lipinski definition) is 5. The van der Waals surface area contributed by atoms with Crippen molar-refractivity contribution >= 4 is 29.3 Å². The van der Waals surface area contributed by atoms with Crippen molar-refractivity contribution in [2.75, 3.05) is 18.5 Å². The van der Waals surface area contributed by atoms with Gasteiger partial charge in [0.2, 0.25) is 6.17 Å². The number of benzene rings is 2. The largest absolute Gasteiger partial charge is 0.460 e. The van der Waals surface area contributed by atoms with Crippen LogP contribution in [0.4, 0.5) is 14.9 Å². The van der Waals surface area contributed by atoms with E-state index < -0.39 is 29.5 Å². The topological polar surface area (TPSA) is 100 Å². The van der Waals surface area contributed by atoms with Gasteiger partial charge >= 0.3 is 12.0 Å². The second kappa shape index (κ2) is 10.5. The summed E-state index contributed by atoms with van der Waals surface area (Å²) >= 11 is 0. The molecule has 1 aliphatic heterocycles. The molecule has 0 radical (unpaired) electrons. The Labute approximate surface area is 198 Å². The number of fused-ring (bicyclic) bond motifs is 1. The molecule has 1 heterocycles. The van der Waals surface area contributed by atoms with Crippen molar-refractivity contribution in [1.29, 1.82) is 0 Å². The third kappa shape index (κ3) is 6.18. The van der Waals surface area contributed by atoms with Crippen LogP contribution in [0.15, 0.2) is 53.5 Å². The minimum atomic E-state index is -1.27. The van der Waals surface area contributed by atoms with Crippen LogP contribution >= 0.6 is 0 Å². The standard InChI is InChI=1S/C25H29FN4O4/c1-25(2,3)34-20(31)14-9-15-27-24(33)29-22-23(32)30(4)19-13-8-6-11-17(19)21(28-22)16-10-5-7-12-18(16)26/h5-8,10-13,22H,9,14-15H2,1-4H3,(H2,27,29,33). The van der Waals surface area contributed by atoms with Crippen molar-refractivity contribution in [2.24, 2.45) is 4.99 Å². The molecule has 2 aromatic rings. The van der Waals surface area contributed by atoms with Crippen LogP contribution in [0.25, 0.3) is 0 Å². The van der Waals surface area contributed by atoms with Crippen LogP contribution in [0.2, 0.25) is 0 Å². The lowest BCUT2D eigenvalue weighted by Crippen LogP contribution is -2.49. The van der Waals surface area contributed by atoms with E-state index in [1.54, 1.807) is 70.3 Å². The summed E-state index contributed by atoms with van der Waals surface area (Å²) in [6.07, 6.45) is -0.748. The zero-order chi connectivity index (χ0) is 24.9. The molecule has 9 heteroatoms. The van der Waals surface area contributed by atoms with Crippen molar-refractivity contribution in [3.63, 3.8) is 0 Å². The lowest BCUT2D eigenvalue weighted by Gasteiger charge is -2.21. The van der Waals surface area contributed by atoms with Crippen molar-refractivity contribution < 1.29 is 23.5 Å². The van der Waals surface area contributed by atoms with Crippen LogP contribution in [-0.2, 0) is 14.3 Å². The van der Waals surface area contributed by atoms with E-state index in [1.165, 1.54) is 11.0 Å². The summed E-state index contributed by atoms with van der Waals surface area (Å²) in [5.41, 5.74) is 1.05. The summed E-state index contributed by atoms with van der Waals surface area (Å²) in [6, 6.07) is 12.6. The van der Waals surface area contributed by atoms with Crippen molar-refractivity contribution in [2.45, 2.75) is 45.4 Å². The molecule has 0 saturated carbocycles. The fourth-order valence-electron chi connectivity index (χ4n) is 3.49. The van der Waals surface area contributed by atoms with E-state index in [9.17, 15) is 18.8 Å². The molecule has 1 atom stereocenters. The molecule has 1 aliphatic rings. The van der Waals surface area contributed by atoms with Crippen molar-refractivity contribution in [1.82, 2.24) is 10.6 Å². The number of nitrogens with zero attached hydrogens (tertiary/aromatic N) is 2. The average molecular weight is 469 g/mol. The minimum Gasteiger partial charge on any atom is -0.460 e. The third-order valence-electron chi connectivity index (χ3n) is 5.00. The van der Waals surface area contributed by atoms with Crippen LogP contribution in [-0.4, -0.2) is 49.0 Å². The van der Waals surface area contributed by atoms with E-state index in [4.69, 9.17) is 4.74 Å². The number of halogens is 1. The first-order chi connectivity index (χ1) is 16.1. The second-order valence-corrected chi connectivity index (χ2v) is 8.86. The zero-order valence-corrected chi connectivity index (χ0v) is 19.7. The first-order valence-corrected chi connectivity index (χ1v) is 11.0. The van der Waals surface area contributed by atoms with Crippen molar-refractivity contribution in [3.05, 3.63) is 65.5 Å². The summed E-state index contributed by atoms with van der Waals surface area (Å²) in [4.78, 5) is 43.2. The zero-order valence-electron chi connectivity index (χ0n) is 19.7. The monoisotopic (exact) mass is 468 g/mol. The Bertz CT molecular complexity index is 1110. The number of carbonyl (C=O) groups excluding carboxylic acids is 3. The van der Waals surface area contributed by atoms with E-state index >= 15 is 0 Å². The molecule has 1 unspecified atom stereocenters. The molecule has 0 saturated heterocycles. The molecular weight excluding hydrogens is 439 g/mol. The van der Waals surface area contributed by atoms with Gasteiger partial charge in [0.25, 0.3) is 5.91 Å². The van der Waals surface area contributed by atoms with Gasteiger partial charge in [0.1, 0.15) is 11.4 Å². The summed E-state index contributed by atoms with van der Waals surface area (Å²) in [5.74, 6) is -1.31. The Morgan fingerprint density at radius 3 is 2.41 bits per heavy atom. The molecule has 8 nitrogen and oxygen atoms in total. The summed E-state index contributed by atoms with van der Waals surface area (Å²) < 4.78 is 19.9. The van der Waals surface area contributed by atoms with Crippen LogP contribution < -0.4 is 15.5 Å². The maximum absolute atomic E-state index is 14.6. The molecule has 2 aromatic carbocycles. The van der Waals surface area contributed by atoms with E-state index in [1.807, 2.05) is 0 Å². The van der Waals surface area contributed by atoms with Crippen LogP contribution in [0.3, 0.4) is 0 Å². The highest BCUT2D eigenvalue weighted by Gasteiger charge is 2.31. The normalized spacial score (nSPS) is 15.7. The average Bonchev–Trinajstić information content (AvgIpc) is 2.87. The maximum Gasteiger partial charge on any atom is 0.316 e.